The summed E-state index contributed by atoms with van der Waals surface area (Å²) in [4.78, 5) is 6.04. The van der Waals surface area contributed by atoms with Crippen LogP contribution in [0.4, 0.5) is 0 Å². The highest BCUT2D eigenvalue weighted by atomic mass is 32.1. The van der Waals surface area contributed by atoms with E-state index in [0.29, 0.717) is 17.9 Å². The summed E-state index contributed by atoms with van der Waals surface area (Å²) in [6, 6.07) is 11.2. The first-order chi connectivity index (χ1) is 10.1. The summed E-state index contributed by atoms with van der Waals surface area (Å²) in [6.07, 6.45) is 4.60. The SMILES string of the molecule is Cc1nc(CC2CC(c3ccccc3)CCC2N)sc1C. The Balaban J connectivity index is 1.72. The fraction of sp³-hybridized carbons (Fsp3) is 0.500. The zero-order valence-corrected chi connectivity index (χ0v) is 13.7. The van der Waals surface area contributed by atoms with E-state index < -0.39 is 0 Å². The maximum atomic E-state index is 6.39. The Hall–Kier alpha value is -1.19. The maximum Gasteiger partial charge on any atom is 0.0934 e. The number of hydrogen-bond acceptors (Lipinski definition) is 3. The molecule has 2 aromatic rings. The number of thiazole rings is 1. The molecular weight excluding hydrogens is 276 g/mol. The van der Waals surface area contributed by atoms with Crippen LogP contribution in [0.1, 0.15) is 46.3 Å². The van der Waals surface area contributed by atoms with Crippen LogP contribution >= 0.6 is 11.3 Å². The number of nitrogens with two attached hydrogens (primary N) is 1. The van der Waals surface area contributed by atoms with Crippen molar-refractivity contribution >= 4 is 11.3 Å². The van der Waals surface area contributed by atoms with Gasteiger partial charge >= 0.3 is 0 Å². The summed E-state index contributed by atoms with van der Waals surface area (Å²) in [5, 5.41) is 1.26. The monoisotopic (exact) mass is 300 g/mol. The van der Waals surface area contributed by atoms with E-state index in [1.807, 2.05) is 11.3 Å². The van der Waals surface area contributed by atoms with Gasteiger partial charge in [0.2, 0.25) is 0 Å². The molecule has 2 N–H and O–H groups in total. The Morgan fingerprint density at radius 1 is 1.19 bits per heavy atom. The minimum absolute atomic E-state index is 0.328. The predicted molar refractivity (Wildman–Crippen MR) is 89.8 cm³/mol. The Kier molecular flexibility index (Phi) is 4.41. The van der Waals surface area contributed by atoms with Crippen LogP contribution in [0.15, 0.2) is 30.3 Å². The fourth-order valence-corrected chi connectivity index (χ4v) is 4.43. The fourth-order valence-electron chi connectivity index (χ4n) is 3.40. The van der Waals surface area contributed by atoms with Gasteiger partial charge in [0, 0.05) is 17.3 Å². The molecule has 3 heteroatoms. The van der Waals surface area contributed by atoms with Gasteiger partial charge in [0.15, 0.2) is 0 Å². The lowest BCUT2D eigenvalue weighted by molar-refractivity contribution is 0.277. The quantitative estimate of drug-likeness (QED) is 0.922. The molecule has 3 atom stereocenters. The molecule has 1 aliphatic carbocycles. The van der Waals surface area contributed by atoms with E-state index in [1.165, 1.54) is 34.0 Å². The van der Waals surface area contributed by atoms with E-state index in [-0.39, 0.29) is 0 Å². The Morgan fingerprint density at radius 3 is 2.62 bits per heavy atom. The van der Waals surface area contributed by atoms with Crippen molar-refractivity contribution in [1.29, 1.82) is 0 Å². The summed E-state index contributed by atoms with van der Waals surface area (Å²) in [6.45, 7) is 4.26. The summed E-state index contributed by atoms with van der Waals surface area (Å²) in [7, 11) is 0. The van der Waals surface area contributed by atoms with Gasteiger partial charge in [-0.3, -0.25) is 0 Å². The first kappa shape index (κ1) is 14.7. The highest BCUT2D eigenvalue weighted by Gasteiger charge is 2.29. The third-order valence-corrected chi connectivity index (χ3v) is 5.92. The van der Waals surface area contributed by atoms with E-state index in [9.17, 15) is 0 Å². The van der Waals surface area contributed by atoms with Gasteiger partial charge in [0.25, 0.3) is 0 Å². The molecule has 112 valence electrons. The minimum atomic E-state index is 0.328. The molecule has 0 bridgehead atoms. The van der Waals surface area contributed by atoms with Gasteiger partial charge in [-0.15, -0.1) is 11.3 Å². The van der Waals surface area contributed by atoms with E-state index in [2.05, 4.69) is 44.2 Å². The highest BCUT2D eigenvalue weighted by Crippen LogP contribution is 2.37. The lowest BCUT2D eigenvalue weighted by atomic mass is 9.74. The molecular formula is C18H24N2S. The summed E-state index contributed by atoms with van der Waals surface area (Å²) in [5.41, 5.74) is 9.04. The number of aryl methyl sites for hydroxylation is 2. The van der Waals surface area contributed by atoms with Crippen molar-refractivity contribution in [2.24, 2.45) is 11.7 Å². The van der Waals surface area contributed by atoms with Crippen molar-refractivity contribution < 1.29 is 0 Å². The van der Waals surface area contributed by atoms with Crippen LogP contribution in [0, 0.1) is 19.8 Å². The number of nitrogens with zero attached hydrogens (tertiary/aromatic N) is 1. The summed E-state index contributed by atoms with van der Waals surface area (Å²) >= 11 is 1.84. The normalized spacial score (nSPS) is 26.0. The van der Waals surface area contributed by atoms with Crippen molar-refractivity contribution in [2.45, 2.75) is 51.5 Å². The average Bonchev–Trinajstić information content (AvgIpc) is 2.80. The minimum Gasteiger partial charge on any atom is -0.327 e. The van der Waals surface area contributed by atoms with Crippen molar-refractivity contribution in [1.82, 2.24) is 4.98 Å². The van der Waals surface area contributed by atoms with Crippen molar-refractivity contribution in [2.75, 3.05) is 0 Å². The summed E-state index contributed by atoms with van der Waals surface area (Å²) in [5.74, 6) is 1.23. The van der Waals surface area contributed by atoms with E-state index in [4.69, 9.17) is 10.7 Å². The van der Waals surface area contributed by atoms with Crippen LogP contribution < -0.4 is 5.73 Å². The zero-order chi connectivity index (χ0) is 14.8. The molecule has 1 fully saturated rings. The van der Waals surface area contributed by atoms with Crippen molar-refractivity contribution in [3.63, 3.8) is 0 Å². The molecule has 0 amide bonds. The Labute approximate surface area is 131 Å². The second-order valence-corrected chi connectivity index (χ2v) is 7.59. The second kappa shape index (κ2) is 6.29. The molecule has 0 saturated heterocycles. The molecule has 21 heavy (non-hydrogen) atoms. The molecule has 0 spiro atoms. The standard InChI is InChI=1S/C18H24N2S/c1-12-13(2)21-18(20-12)11-16-10-15(8-9-17(16)19)14-6-4-3-5-7-14/h3-7,15-17H,8-11,19H2,1-2H3. The first-order valence-corrected chi connectivity index (χ1v) is 8.68. The highest BCUT2D eigenvalue weighted by molar-refractivity contribution is 7.11. The van der Waals surface area contributed by atoms with Crippen molar-refractivity contribution in [3.05, 3.63) is 51.5 Å². The topological polar surface area (TPSA) is 38.9 Å². The molecule has 1 aliphatic rings. The smallest absolute Gasteiger partial charge is 0.0934 e. The van der Waals surface area contributed by atoms with Crippen LogP contribution in [0.25, 0.3) is 0 Å². The zero-order valence-electron chi connectivity index (χ0n) is 12.9. The number of hydrogen-bond donors (Lipinski definition) is 1. The number of rotatable bonds is 3. The van der Waals surface area contributed by atoms with Gasteiger partial charge in [0.1, 0.15) is 0 Å². The van der Waals surface area contributed by atoms with Gasteiger partial charge in [-0.25, -0.2) is 4.98 Å². The third kappa shape index (κ3) is 3.35. The Morgan fingerprint density at radius 2 is 1.95 bits per heavy atom. The van der Waals surface area contributed by atoms with Gasteiger partial charge in [-0.05, 0) is 50.5 Å². The molecule has 1 heterocycles. The van der Waals surface area contributed by atoms with Gasteiger partial charge in [0.05, 0.1) is 10.7 Å². The van der Waals surface area contributed by atoms with Crippen LogP contribution in [0.5, 0.6) is 0 Å². The first-order valence-electron chi connectivity index (χ1n) is 7.87. The molecule has 0 radical (unpaired) electrons. The molecule has 1 saturated carbocycles. The van der Waals surface area contributed by atoms with E-state index >= 15 is 0 Å². The molecule has 3 rings (SSSR count). The molecule has 2 nitrogen and oxygen atoms in total. The number of aromatic nitrogens is 1. The van der Waals surface area contributed by atoms with E-state index in [0.717, 1.165) is 12.8 Å². The van der Waals surface area contributed by atoms with Gasteiger partial charge in [-0.2, -0.15) is 0 Å². The van der Waals surface area contributed by atoms with E-state index in [1.54, 1.807) is 0 Å². The lowest BCUT2D eigenvalue weighted by Crippen LogP contribution is -2.36. The average molecular weight is 300 g/mol. The third-order valence-electron chi connectivity index (χ3n) is 4.82. The largest absolute Gasteiger partial charge is 0.327 e. The second-order valence-electron chi connectivity index (χ2n) is 6.30. The predicted octanol–water partition coefficient (Wildman–Crippen LogP) is 4.21. The van der Waals surface area contributed by atoms with Gasteiger partial charge in [-0.1, -0.05) is 30.3 Å². The van der Waals surface area contributed by atoms with Gasteiger partial charge < -0.3 is 5.73 Å². The van der Waals surface area contributed by atoms with Crippen LogP contribution in [-0.2, 0) is 6.42 Å². The molecule has 1 aromatic carbocycles. The molecule has 0 aliphatic heterocycles. The van der Waals surface area contributed by atoms with Crippen LogP contribution in [0.2, 0.25) is 0 Å². The lowest BCUT2D eigenvalue weighted by Gasteiger charge is -2.34. The molecule has 1 aromatic heterocycles. The van der Waals surface area contributed by atoms with Crippen LogP contribution in [0.3, 0.4) is 0 Å². The summed E-state index contributed by atoms with van der Waals surface area (Å²) < 4.78 is 0. The van der Waals surface area contributed by atoms with Crippen LogP contribution in [-0.4, -0.2) is 11.0 Å². The van der Waals surface area contributed by atoms with Crippen molar-refractivity contribution in [3.8, 4) is 0 Å². The Bertz CT molecular complexity index is 571. The molecule has 3 unspecified atom stereocenters. The number of benzene rings is 1. The maximum absolute atomic E-state index is 6.39.